The molecular weight excluding hydrogens is 470 g/mol. The van der Waals surface area contributed by atoms with E-state index in [0.29, 0.717) is 39.0 Å². The summed E-state index contributed by atoms with van der Waals surface area (Å²) in [7, 11) is 0. The van der Waals surface area contributed by atoms with Crippen LogP contribution in [-0.2, 0) is 9.53 Å². The number of nitrogens with one attached hydrogen (secondary N) is 1. The van der Waals surface area contributed by atoms with Crippen LogP contribution in [0.3, 0.4) is 0 Å². The largest absolute Gasteiger partial charge is 0.490 e. The van der Waals surface area contributed by atoms with Gasteiger partial charge in [-0.05, 0) is 59.6 Å². The van der Waals surface area contributed by atoms with E-state index in [9.17, 15) is 14.4 Å². The lowest BCUT2D eigenvalue weighted by Gasteiger charge is -2.14. The van der Waals surface area contributed by atoms with Crippen molar-refractivity contribution in [3.8, 4) is 11.5 Å². The zero-order chi connectivity index (χ0) is 22.4. The van der Waals surface area contributed by atoms with E-state index in [2.05, 4.69) is 26.0 Å². The van der Waals surface area contributed by atoms with Gasteiger partial charge in [0.15, 0.2) is 18.1 Å². The zero-order valence-electron chi connectivity index (χ0n) is 16.9. The van der Waals surface area contributed by atoms with E-state index >= 15 is 0 Å². The van der Waals surface area contributed by atoms with Crippen LogP contribution in [0.2, 0.25) is 0 Å². The molecule has 0 fully saturated rings. The number of aromatic nitrogens is 2. The highest BCUT2D eigenvalue weighted by atomic mass is 79.9. The second-order valence-electron chi connectivity index (χ2n) is 6.19. The average molecular weight is 490 g/mol. The fraction of sp³-hybridized carbons (Fsp3) is 0.238. The molecule has 1 aromatic heterocycles. The van der Waals surface area contributed by atoms with Crippen LogP contribution in [0, 0.1) is 0 Å². The monoisotopic (exact) mass is 489 g/mol. The van der Waals surface area contributed by atoms with E-state index in [1.807, 2.05) is 0 Å². The number of halogens is 1. The first-order chi connectivity index (χ1) is 14.9. The summed E-state index contributed by atoms with van der Waals surface area (Å²) in [5, 5.41) is 4.39. The van der Waals surface area contributed by atoms with Gasteiger partial charge >= 0.3 is 11.7 Å². The van der Waals surface area contributed by atoms with Gasteiger partial charge in [-0.25, -0.2) is 9.59 Å². The van der Waals surface area contributed by atoms with Crippen molar-refractivity contribution >= 4 is 39.0 Å². The number of para-hydroxylation sites is 1. The molecule has 0 aliphatic rings. The summed E-state index contributed by atoms with van der Waals surface area (Å²) in [6.45, 7) is 3.84. The molecule has 162 valence electrons. The number of esters is 1. The predicted octanol–water partition coefficient (Wildman–Crippen LogP) is 2.68. The van der Waals surface area contributed by atoms with Crippen LogP contribution in [0.25, 0.3) is 10.9 Å². The van der Waals surface area contributed by atoms with Crippen molar-refractivity contribution in [2.75, 3.05) is 19.8 Å². The Labute approximate surface area is 185 Å². The van der Waals surface area contributed by atoms with Crippen LogP contribution >= 0.6 is 15.9 Å². The Bertz CT molecular complexity index is 1250. The summed E-state index contributed by atoms with van der Waals surface area (Å²) in [5.74, 6) is 0.188. The number of benzene rings is 2. The number of H-pyrrole nitrogens is 1. The fourth-order valence-corrected chi connectivity index (χ4v) is 3.36. The molecule has 2 aromatic carbocycles. The third kappa shape index (κ3) is 5.21. The van der Waals surface area contributed by atoms with E-state index in [0.717, 1.165) is 4.68 Å². The lowest BCUT2D eigenvalue weighted by Crippen LogP contribution is -2.32. The van der Waals surface area contributed by atoms with Gasteiger partial charge in [0.2, 0.25) is 0 Å². The molecule has 1 heterocycles. The summed E-state index contributed by atoms with van der Waals surface area (Å²) in [6, 6.07) is 9.97. The van der Waals surface area contributed by atoms with E-state index in [4.69, 9.17) is 14.2 Å². The lowest BCUT2D eigenvalue weighted by atomic mass is 10.2. The van der Waals surface area contributed by atoms with Crippen LogP contribution in [0.5, 0.6) is 11.5 Å². The highest BCUT2D eigenvalue weighted by Gasteiger charge is 2.14. The van der Waals surface area contributed by atoms with Gasteiger partial charge < -0.3 is 19.2 Å². The van der Waals surface area contributed by atoms with Crippen molar-refractivity contribution in [3.05, 3.63) is 67.3 Å². The average Bonchev–Trinajstić information content (AvgIpc) is 2.73. The Hall–Kier alpha value is -3.40. The second-order valence-corrected chi connectivity index (χ2v) is 7.05. The number of nitrogens with zero attached hydrogens (tertiary/aromatic N) is 2. The molecule has 0 amide bonds. The standard InChI is InChI=1S/C21H20BrN3O6/c1-3-29-17-10-13(9-15(22)19(17)31-12-18(26)30-4-2)11-23-25-20(27)14-7-5-6-8-16(14)24-21(25)28/h5-11H,3-4,12H2,1-2H3,(H,24,28). The fourth-order valence-electron chi connectivity index (χ4n) is 2.78. The molecule has 0 aliphatic carbocycles. The first-order valence-corrected chi connectivity index (χ1v) is 10.3. The highest BCUT2D eigenvalue weighted by Crippen LogP contribution is 2.36. The van der Waals surface area contributed by atoms with Crippen LogP contribution < -0.4 is 20.7 Å². The number of aromatic amines is 1. The molecule has 0 spiro atoms. The summed E-state index contributed by atoms with van der Waals surface area (Å²) in [4.78, 5) is 39.1. The maximum atomic E-state index is 12.6. The number of rotatable bonds is 8. The van der Waals surface area contributed by atoms with Crippen molar-refractivity contribution in [1.29, 1.82) is 0 Å². The SMILES string of the molecule is CCOC(=O)COc1c(Br)cc(C=Nn2c(=O)[nH]c3ccccc3c2=O)cc1OCC. The van der Waals surface area contributed by atoms with E-state index in [1.54, 1.807) is 50.2 Å². The molecule has 10 heteroatoms. The highest BCUT2D eigenvalue weighted by molar-refractivity contribution is 9.10. The van der Waals surface area contributed by atoms with Gasteiger partial charge in [0, 0.05) is 0 Å². The minimum absolute atomic E-state index is 0.254. The topological polar surface area (TPSA) is 112 Å². The summed E-state index contributed by atoms with van der Waals surface area (Å²) < 4.78 is 17.3. The molecule has 0 saturated heterocycles. The molecule has 9 nitrogen and oxygen atoms in total. The Kier molecular flexibility index (Phi) is 7.24. The maximum Gasteiger partial charge on any atom is 0.349 e. The van der Waals surface area contributed by atoms with Gasteiger partial charge in [0.1, 0.15) is 0 Å². The maximum absolute atomic E-state index is 12.6. The minimum atomic E-state index is -0.654. The number of fused-ring (bicyclic) bond motifs is 1. The normalized spacial score (nSPS) is 11.1. The van der Waals surface area contributed by atoms with Crippen molar-refractivity contribution in [1.82, 2.24) is 9.66 Å². The Morgan fingerprint density at radius 2 is 1.94 bits per heavy atom. The molecule has 0 atom stereocenters. The molecule has 3 aromatic rings. The van der Waals surface area contributed by atoms with Gasteiger partial charge in [0.25, 0.3) is 5.56 Å². The molecule has 0 aliphatic heterocycles. The number of hydrogen-bond acceptors (Lipinski definition) is 7. The Morgan fingerprint density at radius 1 is 1.16 bits per heavy atom. The summed E-state index contributed by atoms with van der Waals surface area (Å²) >= 11 is 3.39. The Morgan fingerprint density at radius 3 is 2.68 bits per heavy atom. The van der Waals surface area contributed by atoms with Crippen molar-refractivity contribution < 1.29 is 19.0 Å². The van der Waals surface area contributed by atoms with Gasteiger partial charge in [-0.2, -0.15) is 5.10 Å². The summed E-state index contributed by atoms with van der Waals surface area (Å²) in [6.07, 6.45) is 1.35. The number of carbonyl (C=O) groups excluding carboxylic acids is 1. The van der Waals surface area contributed by atoms with Gasteiger partial charge in [-0.3, -0.25) is 4.79 Å². The predicted molar refractivity (Wildman–Crippen MR) is 119 cm³/mol. The van der Waals surface area contributed by atoms with Crippen LogP contribution in [0.4, 0.5) is 0 Å². The zero-order valence-corrected chi connectivity index (χ0v) is 18.5. The molecule has 0 unspecified atom stereocenters. The second kappa shape index (κ2) is 10.1. The third-order valence-electron chi connectivity index (χ3n) is 4.08. The molecule has 31 heavy (non-hydrogen) atoms. The van der Waals surface area contributed by atoms with E-state index in [-0.39, 0.29) is 13.2 Å². The van der Waals surface area contributed by atoms with Gasteiger partial charge in [-0.1, -0.05) is 12.1 Å². The molecule has 3 rings (SSSR count). The molecule has 0 radical (unpaired) electrons. The number of ether oxygens (including phenoxy) is 3. The van der Waals surface area contributed by atoms with Gasteiger partial charge in [-0.15, -0.1) is 4.68 Å². The quantitative estimate of drug-likeness (QED) is 0.384. The lowest BCUT2D eigenvalue weighted by molar-refractivity contribution is -0.145. The van der Waals surface area contributed by atoms with Crippen molar-refractivity contribution in [3.63, 3.8) is 0 Å². The number of hydrogen-bond donors (Lipinski definition) is 1. The van der Waals surface area contributed by atoms with Crippen LogP contribution in [0.1, 0.15) is 19.4 Å². The third-order valence-corrected chi connectivity index (χ3v) is 4.67. The molecule has 0 bridgehead atoms. The van der Waals surface area contributed by atoms with Crippen molar-refractivity contribution in [2.45, 2.75) is 13.8 Å². The van der Waals surface area contributed by atoms with Crippen molar-refractivity contribution in [2.24, 2.45) is 5.10 Å². The van der Waals surface area contributed by atoms with Gasteiger partial charge in [0.05, 0.1) is 34.8 Å². The summed E-state index contributed by atoms with van der Waals surface area (Å²) in [5.41, 5.74) is -0.209. The van der Waals surface area contributed by atoms with E-state index in [1.165, 1.54) is 6.21 Å². The van der Waals surface area contributed by atoms with E-state index < -0.39 is 17.2 Å². The minimum Gasteiger partial charge on any atom is -0.490 e. The molecule has 0 saturated carbocycles. The Balaban J connectivity index is 1.94. The molecule has 1 N–H and O–H groups in total. The smallest absolute Gasteiger partial charge is 0.349 e. The first-order valence-electron chi connectivity index (χ1n) is 9.47. The van der Waals surface area contributed by atoms with Crippen LogP contribution in [0.15, 0.2) is 55.6 Å². The van der Waals surface area contributed by atoms with Crippen LogP contribution in [-0.4, -0.2) is 41.7 Å². The molecular formula is C21H20BrN3O6. The first kappa shape index (κ1) is 22.3. The number of carbonyl (C=O) groups is 1.